The van der Waals surface area contributed by atoms with Crippen LogP contribution in [0.4, 0.5) is 0 Å². The Balaban J connectivity index is 1.93. The van der Waals surface area contributed by atoms with Crippen LogP contribution in [0.3, 0.4) is 0 Å². The standard InChI is InChI=1S/C10H12N4O2S/c1-14(6-8-11-10(16)13-12-8)9(15)5-7-3-2-4-17-7/h2-4H,5-6H2,1H3,(H2,11,12,13,16). The van der Waals surface area contributed by atoms with Gasteiger partial charge in [-0.15, -0.1) is 11.3 Å². The first-order valence-electron chi connectivity index (χ1n) is 5.05. The summed E-state index contributed by atoms with van der Waals surface area (Å²) in [6.45, 7) is 0.295. The van der Waals surface area contributed by atoms with E-state index in [1.807, 2.05) is 17.5 Å². The number of rotatable bonds is 4. The van der Waals surface area contributed by atoms with E-state index >= 15 is 0 Å². The second-order valence-electron chi connectivity index (χ2n) is 3.63. The Hall–Kier alpha value is -1.89. The Morgan fingerprint density at radius 2 is 2.41 bits per heavy atom. The van der Waals surface area contributed by atoms with Crippen LogP contribution in [0.5, 0.6) is 0 Å². The number of carbonyl (C=O) groups excluding carboxylic acids is 1. The molecule has 2 N–H and O–H groups in total. The summed E-state index contributed by atoms with van der Waals surface area (Å²) in [7, 11) is 1.68. The molecule has 0 atom stereocenters. The zero-order chi connectivity index (χ0) is 12.3. The summed E-state index contributed by atoms with van der Waals surface area (Å²) in [5.74, 6) is 0.452. The first kappa shape index (κ1) is 11.6. The van der Waals surface area contributed by atoms with Gasteiger partial charge in [0, 0.05) is 11.9 Å². The van der Waals surface area contributed by atoms with Crippen molar-refractivity contribution in [2.24, 2.45) is 0 Å². The summed E-state index contributed by atoms with van der Waals surface area (Å²) < 4.78 is 0. The lowest BCUT2D eigenvalue weighted by molar-refractivity contribution is -0.129. The highest BCUT2D eigenvalue weighted by Crippen LogP contribution is 2.10. The number of carbonyl (C=O) groups is 1. The normalized spacial score (nSPS) is 10.4. The lowest BCUT2D eigenvalue weighted by Crippen LogP contribution is -2.28. The summed E-state index contributed by atoms with van der Waals surface area (Å²) in [6.07, 6.45) is 0.378. The van der Waals surface area contributed by atoms with Crippen molar-refractivity contribution in [1.82, 2.24) is 20.1 Å². The molecule has 1 amide bonds. The number of H-pyrrole nitrogens is 2. The predicted molar refractivity (Wildman–Crippen MR) is 63.7 cm³/mol. The van der Waals surface area contributed by atoms with E-state index < -0.39 is 0 Å². The lowest BCUT2D eigenvalue weighted by Gasteiger charge is -2.14. The average molecular weight is 252 g/mol. The Kier molecular flexibility index (Phi) is 3.38. The summed E-state index contributed by atoms with van der Waals surface area (Å²) in [4.78, 5) is 27.7. The van der Waals surface area contributed by atoms with Gasteiger partial charge in [-0.25, -0.2) is 9.89 Å². The molecule has 0 unspecified atom stereocenters. The number of thiophene rings is 1. The maximum atomic E-state index is 11.8. The van der Waals surface area contributed by atoms with Crippen molar-refractivity contribution in [3.63, 3.8) is 0 Å². The molecule has 0 aliphatic rings. The van der Waals surface area contributed by atoms with E-state index in [2.05, 4.69) is 15.2 Å². The van der Waals surface area contributed by atoms with Gasteiger partial charge >= 0.3 is 5.69 Å². The molecule has 0 aliphatic carbocycles. The van der Waals surface area contributed by atoms with Crippen LogP contribution in [0.25, 0.3) is 0 Å². The van der Waals surface area contributed by atoms with Gasteiger partial charge < -0.3 is 4.90 Å². The predicted octanol–water partition coefficient (Wildman–Crippen LogP) is 0.361. The molecule has 17 heavy (non-hydrogen) atoms. The molecule has 2 heterocycles. The van der Waals surface area contributed by atoms with Gasteiger partial charge in [0.2, 0.25) is 5.91 Å². The summed E-state index contributed by atoms with van der Waals surface area (Å²) in [6, 6.07) is 3.84. The van der Waals surface area contributed by atoms with E-state index in [1.165, 1.54) is 4.90 Å². The van der Waals surface area contributed by atoms with Crippen LogP contribution in [0, 0.1) is 0 Å². The fraction of sp³-hybridized carbons (Fsp3) is 0.300. The number of likely N-dealkylation sites (N-methyl/N-ethyl adjacent to an activating group) is 1. The van der Waals surface area contributed by atoms with Crippen LogP contribution in [0.1, 0.15) is 10.7 Å². The van der Waals surface area contributed by atoms with Crippen LogP contribution >= 0.6 is 11.3 Å². The zero-order valence-corrected chi connectivity index (χ0v) is 10.1. The van der Waals surface area contributed by atoms with Crippen molar-refractivity contribution in [2.75, 3.05) is 7.05 Å². The molecule has 90 valence electrons. The molecule has 2 aromatic rings. The fourth-order valence-corrected chi connectivity index (χ4v) is 2.09. The van der Waals surface area contributed by atoms with Crippen LogP contribution in [-0.4, -0.2) is 33.0 Å². The van der Waals surface area contributed by atoms with Crippen molar-refractivity contribution in [3.8, 4) is 0 Å². The van der Waals surface area contributed by atoms with E-state index in [-0.39, 0.29) is 11.6 Å². The highest BCUT2D eigenvalue weighted by Gasteiger charge is 2.12. The van der Waals surface area contributed by atoms with Crippen molar-refractivity contribution in [1.29, 1.82) is 0 Å². The van der Waals surface area contributed by atoms with E-state index in [0.29, 0.717) is 18.8 Å². The van der Waals surface area contributed by atoms with Gasteiger partial charge in [0.15, 0.2) is 5.82 Å². The van der Waals surface area contributed by atoms with Crippen molar-refractivity contribution in [3.05, 3.63) is 38.7 Å². The topological polar surface area (TPSA) is 81.8 Å². The Bertz CT molecular complexity index is 543. The molecule has 0 aliphatic heterocycles. The van der Waals surface area contributed by atoms with Crippen LogP contribution in [-0.2, 0) is 17.8 Å². The first-order chi connectivity index (χ1) is 8.15. The van der Waals surface area contributed by atoms with Crippen LogP contribution in [0.2, 0.25) is 0 Å². The minimum absolute atomic E-state index is 0.00343. The molecule has 0 saturated heterocycles. The van der Waals surface area contributed by atoms with Crippen LogP contribution in [0.15, 0.2) is 22.3 Å². The number of hydrogen-bond donors (Lipinski definition) is 2. The number of aromatic nitrogens is 3. The Morgan fingerprint density at radius 1 is 1.59 bits per heavy atom. The second kappa shape index (κ2) is 4.96. The molecule has 0 fully saturated rings. The van der Waals surface area contributed by atoms with Crippen molar-refractivity contribution >= 4 is 17.2 Å². The van der Waals surface area contributed by atoms with Crippen molar-refractivity contribution in [2.45, 2.75) is 13.0 Å². The molecule has 0 aromatic carbocycles. The highest BCUT2D eigenvalue weighted by molar-refractivity contribution is 7.10. The number of nitrogens with one attached hydrogen (secondary N) is 2. The molecule has 7 heteroatoms. The summed E-state index contributed by atoms with van der Waals surface area (Å²) in [5.41, 5.74) is -0.362. The molecule has 0 saturated carbocycles. The smallest absolute Gasteiger partial charge is 0.338 e. The second-order valence-corrected chi connectivity index (χ2v) is 4.66. The third kappa shape index (κ3) is 3.04. The molecule has 0 bridgehead atoms. The fourth-order valence-electron chi connectivity index (χ4n) is 1.39. The molecular formula is C10H12N4O2S. The van der Waals surface area contributed by atoms with Gasteiger partial charge in [0.05, 0.1) is 13.0 Å². The van der Waals surface area contributed by atoms with Gasteiger partial charge in [-0.1, -0.05) is 6.07 Å². The Labute approximate surface area is 101 Å². The van der Waals surface area contributed by atoms with Gasteiger partial charge in [0.25, 0.3) is 0 Å². The molecule has 0 spiro atoms. The molecule has 6 nitrogen and oxygen atoms in total. The number of hydrogen-bond acceptors (Lipinski definition) is 4. The third-order valence-electron chi connectivity index (χ3n) is 2.27. The van der Waals surface area contributed by atoms with Crippen LogP contribution < -0.4 is 5.69 Å². The SMILES string of the molecule is CN(Cc1n[nH]c(=O)[nH]1)C(=O)Cc1cccs1. The molecular weight excluding hydrogens is 240 g/mol. The molecule has 0 radical (unpaired) electrons. The van der Waals surface area contributed by atoms with Gasteiger partial charge in [0.1, 0.15) is 0 Å². The quantitative estimate of drug-likeness (QED) is 0.824. The number of aromatic amines is 2. The van der Waals surface area contributed by atoms with E-state index in [1.54, 1.807) is 18.4 Å². The lowest BCUT2D eigenvalue weighted by atomic mass is 10.3. The van der Waals surface area contributed by atoms with Gasteiger partial charge in [-0.05, 0) is 11.4 Å². The number of amides is 1. The molecule has 2 aromatic heterocycles. The maximum absolute atomic E-state index is 11.8. The van der Waals surface area contributed by atoms with E-state index in [9.17, 15) is 9.59 Å². The van der Waals surface area contributed by atoms with Crippen molar-refractivity contribution < 1.29 is 4.79 Å². The monoisotopic (exact) mass is 252 g/mol. The minimum Gasteiger partial charge on any atom is -0.338 e. The van der Waals surface area contributed by atoms with E-state index in [4.69, 9.17) is 0 Å². The summed E-state index contributed by atoms with van der Waals surface area (Å²) >= 11 is 1.55. The first-order valence-corrected chi connectivity index (χ1v) is 5.93. The maximum Gasteiger partial charge on any atom is 0.340 e. The Morgan fingerprint density at radius 3 is 3.00 bits per heavy atom. The highest BCUT2D eigenvalue weighted by atomic mass is 32.1. The van der Waals surface area contributed by atoms with Gasteiger partial charge in [-0.3, -0.25) is 9.78 Å². The van der Waals surface area contributed by atoms with Gasteiger partial charge in [-0.2, -0.15) is 5.10 Å². The average Bonchev–Trinajstić information content (AvgIpc) is 2.90. The summed E-state index contributed by atoms with van der Waals surface area (Å²) in [5, 5.41) is 7.95. The van der Waals surface area contributed by atoms with E-state index in [0.717, 1.165) is 4.88 Å². The zero-order valence-electron chi connectivity index (χ0n) is 9.27. The number of nitrogens with zero attached hydrogens (tertiary/aromatic N) is 2. The third-order valence-corrected chi connectivity index (χ3v) is 3.14. The molecule has 2 rings (SSSR count). The minimum atomic E-state index is -0.362. The largest absolute Gasteiger partial charge is 0.340 e.